The molecule has 1 N–H and O–H groups in total. The number of para-hydroxylation sites is 2. The van der Waals surface area contributed by atoms with E-state index in [1.165, 1.54) is 0 Å². The number of benzene rings is 1. The SMILES string of the molecule is CC(C)c1c(O)nc2ccccc2nc1=O. The van der Waals surface area contributed by atoms with Crippen molar-refractivity contribution in [3.05, 3.63) is 40.2 Å². The van der Waals surface area contributed by atoms with Gasteiger partial charge in [0.2, 0.25) is 5.88 Å². The Bertz CT molecular complexity index is 594. The Balaban J connectivity index is 2.92. The van der Waals surface area contributed by atoms with Crippen LogP contribution in [-0.2, 0) is 0 Å². The van der Waals surface area contributed by atoms with Gasteiger partial charge in [0.05, 0.1) is 16.6 Å². The highest BCUT2D eigenvalue weighted by Gasteiger charge is 2.12. The number of hydrogen-bond acceptors (Lipinski definition) is 4. The summed E-state index contributed by atoms with van der Waals surface area (Å²) in [6.07, 6.45) is 0. The zero-order chi connectivity index (χ0) is 11.7. The number of fused-ring (bicyclic) bond motifs is 1. The van der Waals surface area contributed by atoms with Gasteiger partial charge in [0, 0.05) is 0 Å². The molecule has 16 heavy (non-hydrogen) atoms. The maximum atomic E-state index is 11.8. The molecule has 4 nitrogen and oxygen atoms in total. The van der Waals surface area contributed by atoms with Crippen LogP contribution in [0.1, 0.15) is 25.3 Å². The van der Waals surface area contributed by atoms with Crippen LogP contribution in [0.4, 0.5) is 0 Å². The number of nitrogens with zero attached hydrogens (tertiary/aromatic N) is 2. The smallest absolute Gasteiger partial charge is 0.279 e. The molecule has 0 unspecified atom stereocenters. The van der Waals surface area contributed by atoms with Crippen LogP contribution in [-0.4, -0.2) is 15.1 Å². The highest BCUT2D eigenvalue weighted by Crippen LogP contribution is 2.19. The Labute approximate surface area is 92.6 Å². The molecule has 2 rings (SSSR count). The molecule has 2 aromatic rings. The Morgan fingerprint density at radius 2 is 1.69 bits per heavy atom. The molecule has 0 amide bonds. The molecule has 0 aliphatic heterocycles. The van der Waals surface area contributed by atoms with Crippen LogP contribution >= 0.6 is 0 Å². The molecular weight excluding hydrogens is 204 g/mol. The van der Waals surface area contributed by atoms with Gasteiger partial charge in [-0.2, -0.15) is 0 Å². The second kappa shape index (κ2) is 3.89. The third-order valence-electron chi connectivity index (χ3n) is 2.38. The Morgan fingerprint density at radius 1 is 1.12 bits per heavy atom. The van der Waals surface area contributed by atoms with Crippen molar-refractivity contribution in [3.8, 4) is 5.88 Å². The number of rotatable bonds is 1. The van der Waals surface area contributed by atoms with Crippen LogP contribution in [0, 0.1) is 0 Å². The predicted octanol–water partition coefficient (Wildman–Crippen LogP) is 1.82. The van der Waals surface area contributed by atoms with Gasteiger partial charge in [-0.05, 0) is 18.1 Å². The van der Waals surface area contributed by atoms with Crippen LogP contribution in [0.3, 0.4) is 0 Å². The van der Waals surface area contributed by atoms with E-state index in [1.807, 2.05) is 13.8 Å². The second-order valence-electron chi connectivity index (χ2n) is 3.91. The van der Waals surface area contributed by atoms with Crippen LogP contribution in [0.2, 0.25) is 0 Å². The summed E-state index contributed by atoms with van der Waals surface area (Å²) in [6, 6.07) is 6.98. The van der Waals surface area contributed by atoms with E-state index < -0.39 is 5.56 Å². The van der Waals surface area contributed by atoms with E-state index in [0.717, 1.165) is 0 Å². The largest absolute Gasteiger partial charge is 0.493 e. The fourth-order valence-electron chi connectivity index (χ4n) is 1.60. The normalized spacial score (nSPS) is 10.9. The molecule has 0 bridgehead atoms. The van der Waals surface area contributed by atoms with Crippen molar-refractivity contribution in [1.29, 1.82) is 0 Å². The van der Waals surface area contributed by atoms with Gasteiger partial charge in [-0.15, -0.1) is 0 Å². The topological polar surface area (TPSA) is 63.1 Å². The van der Waals surface area contributed by atoms with Crippen molar-refractivity contribution in [2.45, 2.75) is 19.8 Å². The van der Waals surface area contributed by atoms with Crippen LogP contribution in [0.25, 0.3) is 11.0 Å². The minimum Gasteiger partial charge on any atom is -0.493 e. The average Bonchev–Trinajstić information content (AvgIpc) is 2.32. The minimum absolute atomic E-state index is 0.102. The van der Waals surface area contributed by atoms with Gasteiger partial charge < -0.3 is 5.11 Å². The number of aromatic nitrogens is 2. The molecule has 4 heteroatoms. The fraction of sp³-hybridized carbons (Fsp3) is 0.250. The van der Waals surface area contributed by atoms with E-state index in [-0.39, 0.29) is 17.4 Å². The van der Waals surface area contributed by atoms with Crippen LogP contribution < -0.4 is 5.56 Å². The van der Waals surface area contributed by atoms with E-state index in [0.29, 0.717) is 11.0 Å². The number of aromatic hydroxyl groups is 1. The Hall–Kier alpha value is -1.97. The van der Waals surface area contributed by atoms with Crippen molar-refractivity contribution in [3.63, 3.8) is 0 Å². The summed E-state index contributed by atoms with van der Waals surface area (Å²) in [5, 5.41) is 9.77. The van der Waals surface area contributed by atoms with Gasteiger partial charge >= 0.3 is 0 Å². The third kappa shape index (κ3) is 1.74. The molecule has 82 valence electrons. The van der Waals surface area contributed by atoms with E-state index in [2.05, 4.69) is 9.97 Å². The summed E-state index contributed by atoms with van der Waals surface area (Å²) < 4.78 is 0. The Morgan fingerprint density at radius 3 is 2.25 bits per heavy atom. The molecule has 0 fully saturated rings. The first-order valence-electron chi connectivity index (χ1n) is 5.09. The van der Waals surface area contributed by atoms with E-state index in [4.69, 9.17) is 0 Å². The van der Waals surface area contributed by atoms with Gasteiger partial charge in [0.1, 0.15) is 0 Å². The maximum Gasteiger partial charge on any atom is 0.279 e. The molecule has 0 spiro atoms. The van der Waals surface area contributed by atoms with Gasteiger partial charge in [0.25, 0.3) is 5.56 Å². The van der Waals surface area contributed by atoms with Crippen molar-refractivity contribution in [2.24, 2.45) is 0 Å². The maximum absolute atomic E-state index is 11.8. The first kappa shape index (κ1) is 10.5. The zero-order valence-electron chi connectivity index (χ0n) is 9.14. The summed E-state index contributed by atoms with van der Waals surface area (Å²) in [5.74, 6) is -0.331. The quantitative estimate of drug-likeness (QED) is 0.789. The molecule has 1 aromatic heterocycles. The van der Waals surface area contributed by atoms with Gasteiger partial charge in [-0.3, -0.25) is 4.79 Å². The monoisotopic (exact) mass is 216 g/mol. The lowest BCUT2D eigenvalue weighted by Crippen LogP contribution is -2.10. The van der Waals surface area contributed by atoms with E-state index in [9.17, 15) is 9.90 Å². The van der Waals surface area contributed by atoms with Gasteiger partial charge in [-0.1, -0.05) is 26.0 Å². The highest BCUT2D eigenvalue weighted by molar-refractivity contribution is 5.73. The number of hydrogen-bond donors (Lipinski definition) is 1. The molecule has 0 aliphatic rings. The summed E-state index contributed by atoms with van der Waals surface area (Å²) in [5.41, 5.74) is 0.858. The van der Waals surface area contributed by atoms with Crippen molar-refractivity contribution < 1.29 is 5.11 Å². The minimum atomic E-state index is -0.416. The summed E-state index contributed by atoms with van der Waals surface area (Å²) >= 11 is 0. The summed E-state index contributed by atoms with van der Waals surface area (Å²) in [7, 11) is 0. The van der Waals surface area contributed by atoms with Crippen molar-refractivity contribution >= 4 is 11.0 Å². The predicted molar refractivity (Wildman–Crippen MR) is 61.6 cm³/mol. The molecule has 0 atom stereocenters. The van der Waals surface area contributed by atoms with E-state index in [1.54, 1.807) is 24.3 Å². The summed E-state index contributed by atoms with van der Waals surface area (Å²) in [6.45, 7) is 3.65. The molecule has 0 aliphatic carbocycles. The van der Waals surface area contributed by atoms with Crippen molar-refractivity contribution in [1.82, 2.24) is 9.97 Å². The second-order valence-corrected chi connectivity index (χ2v) is 3.91. The highest BCUT2D eigenvalue weighted by atomic mass is 16.3. The van der Waals surface area contributed by atoms with Crippen LogP contribution in [0.15, 0.2) is 29.1 Å². The standard InChI is InChI=1S/C12H12N2O2/c1-7(2)10-11(15)13-8-5-3-4-6-9(8)14-12(10)16/h3-7,15H,1-2H3. The lowest BCUT2D eigenvalue weighted by atomic mass is 10.1. The first-order chi connectivity index (χ1) is 7.59. The molecule has 1 heterocycles. The average molecular weight is 216 g/mol. The molecule has 1 aromatic carbocycles. The Kier molecular flexibility index (Phi) is 2.56. The first-order valence-corrected chi connectivity index (χ1v) is 5.09. The fourth-order valence-corrected chi connectivity index (χ4v) is 1.60. The van der Waals surface area contributed by atoms with E-state index >= 15 is 0 Å². The molecular formula is C12H12N2O2. The van der Waals surface area contributed by atoms with Crippen molar-refractivity contribution in [2.75, 3.05) is 0 Å². The van der Waals surface area contributed by atoms with Gasteiger partial charge in [0.15, 0.2) is 0 Å². The third-order valence-corrected chi connectivity index (χ3v) is 2.38. The van der Waals surface area contributed by atoms with Gasteiger partial charge in [-0.25, -0.2) is 9.97 Å². The summed E-state index contributed by atoms with van der Waals surface area (Å²) in [4.78, 5) is 19.7. The molecule has 0 radical (unpaired) electrons. The lowest BCUT2D eigenvalue weighted by molar-refractivity contribution is 0.445. The zero-order valence-corrected chi connectivity index (χ0v) is 9.14. The van der Waals surface area contributed by atoms with Crippen LogP contribution in [0.5, 0.6) is 5.88 Å². The molecule has 0 saturated carbocycles. The molecule has 0 saturated heterocycles. The lowest BCUT2D eigenvalue weighted by Gasteiger charge is -2.00.